The Balaban J connectivity index is 1.82. The molecule has 134 valence electrons. The molecule has 0 aliphatic heterocycles. The van der Waals surface area contributed by atoms with Crippen molar-refractivity contribution in [2.24, 2.45) is 0 Å². The number of benzene rings is 1. The van der Waals surface area contributed by atoms with E-state index in [4.69, 9.17) is 0 Å². The van der Waals surface area contributed by atoms with Gasteiger partial charge in [0, 0.05) is 30.0 Å². The number of pyridine rings is 3. The zero-order chi connectivity index (χ0) is 19.0. The predicted octanol–water partition coefficient (Wildman–Crippen LogP) is 3.70. The predicted molar refractivity (Wildman–Crippen MR) is 106 cm³/mol. The lowest BCUT2D eigenvalue weighted by Gasteiger charge is -2.11. The Morgan fingerprint density at radius 1 is 1.07 bits per heavy atom. The van der Waals surface area contributed by atoms with Gasteiger partial charge >= 0.3 is 0 Å². The molecule has 0 aliphatic carbocycles. The molecule has 0 radical (unpaired) electrons. The molecule has 27 heavy (non-hydrogen) atoms. The Bertz CT molecular complexity index is 1240. The molecule has 0 unspecified atom stereocenters. The van der Waals surface area contributed by atoms with E-state index in [0.717, 1.165) is 16.5 Å². The quantitative estimate of drug-likeness (QED) is 0.523. The topological polar surface area (TPSA) is 64.8 Å². The van der Waals surface area contributed by atoms with E-state index in [2.05, 4.69) is 9.97 Å². The molecule has 0 saturated heterocycles. The van der Waals surface area contributed by atoms with Gasteiger partial charge in [-0.3, -0.25) is 14.6 Å². The molecular formula is C22H19N3O2. The van der Waals surface area contributed by atoms with Crippen molar-refractivity contribution in [3.05, 3.63) is 82.0 Å². The molecule has 0 bridgehead atoms. The first-order valence-electron chi connectivity index (χ1n) is 8.95. The van der Waals surface area contributed by atoms with E-state index >= 15 is 0 Å². The summed E-state index contributed by atoms with van der Waals surface area (Å²) in [6.45, 7) is 4.48. The van der Waals surface area contributed by atoms with Gasteiger partial charge in [-0.1, -0.05) is 24.3 Å². The summed E-state index contributed by atoms with van der Waals surface area (Å²) in [6.07, 6.45) is 3.41. The Morgan fingerprint density at radius 3 is 2.70 bits per heavy atom. The van der Waals surface area contributed by atoms with E-state index in [9.17, 15) is 9.59 Å². The number of fused-ring (bicyclic) bond motifs is 2. The summed E-state index contributed by atoms with van der Waals surface area (Å²) in [7, 11) is 0. The minimum atomic E-state index is -0.271. The van der Waals surface area contributed by atoms with Crippen molar-refractivity contribution in [3.8, 4) is 0 Å². The fraction of sp³-hybridized carbons (Fsp3) is 0.182. The van der Waals surface area contributed by atoms with Gasteiger partial charge in [-0.05, 0) is 37.4 Å². The summed E-state index contributed by atoms with van der Waals surface area (Å²) in [6, 6.07) is 13.3. The maximum absolute atomic E-state index is 13.0. The smallest absolute Gasteiger partial charge is 0.201 e. The number of Topliss-reactive ketones (excluding diaryl/α,β-unsaturated/α-hetero) is 1. The Morgan fingerprint density at radius 2 is 1.89 bits per heavy atom. The van der Waals surface area contributed by atoms with Crippen LogP contribution in [-0.4, -0.2) is 20.3 Å². The Labute approximate surface area is 156 Å². The van der Waals surface area contributed by atoms with Gasteiger partial charge in [0.2, 0.25) is 5.43 Å². The van der Waals surface area contributed by atoms with Crippen LogP contribution in [0.1, 0.15) is 28.7 Å². The normalized spacial score (nSPS) is 11.2. The molecule has 3 heterocycles. The number of hydrogen-bond acceptors (Lipinski definition) is 4. The number of ketones is 1. The summed E-state index contributed by atoms with van der Waals surface area (Å²) < 4.78 is 1.85. The lowest BCUT2D eigenvalue weighted by molar-refractivity contribution is 0.0991. The first-order chi connectivity index (χ1) is 13.1. The minimum absolute atomic E-state index is 0.0884. The second kappa shape index (κ2) is 6.76. The second-order valence-electron chi connectivity index (χ2n) is 6.56. The van der Waals surface area contributed by atoms with Crippen molar-refractivity contribution in [3.63, 3.8) is 0 Å². The van der Waals surface area contributed by atoms with E-state index in [-0.39, 0.29) is 23.2 Å². The van der Waals surface area contributed by atoms with Gasteiger partial charge in [0.15, 0.2) is 5.78 Å². The first-order valence-corrected chi connectivity index (χ1v) is 8.95. The molecule has 5 heteroatoms. The third-order valence-corrected chi connectivity index (χ3v) is 4.79. The highest BCUT2D eigenvalue weighted by atomic mass is 16.1. The summed E-state index contributed by atoms with van der Waals surface area (Å²) in [5.74, 6) is -0.228. The largest absolute Gasteiger partial charge is 0.332 e. The Hall–Kier alpha value is -3.34. The monoisotopic (exact) mass is 357 g/mol. The number of nitrogens with zero attached hydrogens (tertiary/aromatic N) is 3. The fourth-order valence-electron chi connectivity index (χ4n) is 3.37. The molecule has 0 saturated carbocycles. The molecule has 0 fully saturated rings. The van der Waals surface area contributed by atoms with E-state index in [1.807, 2.05) is 48.7 Å². The van der Waals surface area contributed by atoms with Crippen molar-refractivity contribution >= 4 is 27.6 Å². The second-order valence-corrected chi connectivity index (χ2v) is 6.56. The van der Waals surface area contributed by atoms with Crippen LogP contribution in [-0.2, 0) is 13.0 Å². The fourth-order valence-corrected chi connectivity index (χ4v) is 3.37. The van der Waals surface area contributed by atoms with Crippen molar-refractivity contribution in [2.45, 2.75) is 26.8 Å². The van der Waals surface area contributed by atoms with E-state index < -0.39 is 0 Å². The van der Waals surface area contributed by atoms with Crippen LogP contribution in [0.25, 0.3) is 21.8 Å². The zero-order valence-corrected chi connectivity index (χ0v) is 15.3. The molecule has 0 atom stereocenters. The molecule has 3 aromatic heterocycles. The molecule has 0 N–H and O–H groups in total. The number of rotatable bonds is 4. The van der Waals surface area contributed by atoms with Crippen LogP contribution in [0, 0.1) is 6.92 Å². The van der Waals surface area contributed by atoms with Crippen molar-refractivity contribution in [1.82, 2.24) is 14.5 Å². The number of aryl methyl sites for hydroxylation is 2. The molecule has 0 spiro atoms. The summed E-state index contributed by atoms with van der Waals surface area (Å²) in [5, 5.41) is 2.43. The molecule has 4 rings (SSSR count). The van der Waals surface area contributed by atoms with Crippen LogP contribution >= 0.6 is 0 Å². The van der Waals surface area contributed by atoms with Crippen LogP contribution < -0.4 is 5.43 Å². The van der Waals surface area contributed by atoms with Gasteiger partial charge in [0.05, 0.1) is 23.1 Å². The van der Waals surface area contributed by atoms with Gasteiger partial charge in [0.25, 0.3) is 0 Å². The van der Waals surface area contributed by atoms with Crippen LogP contribution in [0.2, 0.25) is 0 Å². The third-order valence-electron chi connectivity index (χ3n) is 4.79. The third kappa shape index (κ3) is 3.01. The zero-order valence-electron chi connectivity index (χ0n) is 15.3. The SMILES string of the molecule is CCn1cc(C(=O)Cc2nccc3ccccc23)c(=O)c2ccc(C)nc21. The maximum Gasteiger partial charge on any atom is 0.201 e. The van der Waals surface area contributed by atoms with Crippen molar-refractivity contribution < 1.29 is 4.79 Å². The summed E-state index contributed by atoms with van der Waals surface area (Å²) in [5.41, 5.74) is 2.05. The van der Waals surface area contributed by atoms with E-state index in [1.165, 1.54) is 0 Å². The van der Waals surface area contributed by atoms with Crippen molar-refractivity contribution in [2.75, 3.05) is 0 Å². The molecule has 0 aliphatic rings. The van der Waals surface area contributed by atoms with Gasteiger partial charge in [-0.2, -0.15) is 0 Å². The highest BCUT2D eigenvalue weighted by Crippen LogP contribution is 2.18. The lowest BCUT2D eigenvalue weighted by atomic mass is 10.0. The van der Waals surface area contributed by atoms with Gasteiger partial charge in [-0.25, -0.2) is 4.98 Å². The number of carbonyl (C=O) groups excluding carboxylic acids is 1. The highest BCUT2D eigenvalue weighted by molar-refractivity contribution is 6.01. The summed E-state index contributed by atoms with van der Waals surface area (Å²) >= 11 is 0. The minimum Gasteiger partial charge on any atom is -0.332 e. The van der Waals surface area contributed by atoms with Crippen LogP contribution in [0.15, 0.2) is 59.7 Å². The van der Waals surface area contributed by atoms with Crippen LogP contribution in [0.5, 0.6) is 0 Å². The number of hydrogen-bond donors (Lipinski definition) is 0. The highest BCUT2D eigenvalue weighted by Gasteiger charge is 2.18. The molecule has 4 aromatic rings. The number of carbonyl (C=O) groups is 1. The molecule has 5 nitrogen and oxygen atoms in total. The van der Waals surface area contributed by atoms with Crippen molar-refractivity contribution in [1.29, 1.82) is 0 Å². The lowest BCUT2D eigenvalue weighted by Crippen LogP contribution is -2.21. The van der Waals surface area contributed by atoms with Crippen LogP contribution in [0.3, 0.4) is 0 Å². The molecular weight excluding hydrogens is 338 g/mol. The average Bonchev–Trinajstić information content (AvgIpc) is 2.68. The van der Waals surface area contributed by atoms with E-state index in [1.54, 1.807) is 24.5 Å². The van der Waals surface area contributed by atoms with Crippen LogP contribution in [0.4, 0.5) is 0 Å². The van der Waals surface area contributed by atoms with Gasteiger partial charge in [-0.15, -0.1) is 0 Å². The Kier molecular flexibility index (Phi) is 4.28. The molecule has 1 aromatic carbocycles. The average molecular weight is 357 g/mol. The standard InChI is InChI=1S/C22H19N3O2/c1-3-25-13-18(21(27)17-9-8-14(2)24-22(17)25)20(26)12-19-16-7-5-4-6-15(16)10-11-23-19/h4-11,13H,3,12H2,1-2H3. The van der Waals surface area contributed by atoms with E-state index in [0.29, 0.717) is 23.3 Å². The van der Waals surface area contributed by atoms with Gasteiger partial charge < -0.3 is 4.57 Å². The molecule has 0 amide bonds. The van der Waals surface area contributed by atoms with Gasteiger partial charge in [0.1, 0.15) is 5.65 Å². The number of aromatic nitrogens is 3. The maximum atomic E-state index is 13.0. The summed E-state index contributed by atoms with van der Waals surface area (Å²) in [4.78, 5) is 34.7. The first kappa shape index (κ1) is 17.1.